The van der Waals surface area contributed by atoms with Crippen molar-refractivity contribution in [2.45, 2.75) is 37.6 Å². The van der Waals surface area contributed by atoms with Gasteiger partial charge >= 0.3 is 0 Å². The molecule has 30 heavy (non-hydrogen) atoms. The van der Waals surface area contributed by atoms with Gasteiger partial charge in [-0.05, 0) is 11.6 Å². The van der Waals surface area contributed by atoms with E-state index in [9.17, 15) is 15.3 Å². The van der Waals surface area contributed by atoms with E-state index in [1.54, 1.807) is 0 Å². The van der Waals surface area contributed by atoms with Crippen LogP contribution in [0.4, 0.5) is 5.82 Å². The number of hydrogen-bond donors (Lipinski definition) is 4. The quantitative estimate of drug-likeness (QED) is 0.319. The van der Waals surface area contributed by atoms with E-state index in [-0.39, 0.29) is 5.28 Å². The lowest BCUT2D eigenvalue weighted by molar-refractivity contribution is -0.0509. The number of nitrogens with one attached hydrogen (secondary N) is 1. The van der Waals surface area contributed by atoms with Crippen LogP contribution < -0.4 is 10.5 Å². The van der Waals surface area contributed by atoms with E-state index < -0.39 is 39.2 Å². The summed E-state index contributed by atoms with van der Waals surface area (Å²) in [4.78, 5) is 12.9. The monoisotopic (exact) mass is 449 g/mol. The second kappa shape index (κ2) is 8.21. The second-order valence-corrected chi connectivity index (χ2v) is 13.0. The van der Waals surface area contributed by atoms with Crippen LogP contribution >= 0.6 is 11.6 Å². The number of halogens is 1. The van der Waals surface area contributed by atoms with Gasteiger partial charge in [0.25, 0.3) is 0 Å². The van der Waals surface area contributed by atoms with Gasteiger partial charge in [0.2, 0.25) is 5.28 Å². The molecule has 0 saturated carbocycles. The minimum Gasteiger partial charge on any atom is -0.394 e. The number of ether oxygens (including phenoxy) is 1. The Morgan fingerprint density at radius 1 is 1.17 bits per heavy atom. The van der Waals surface area contributed by atoms with Crippen LogP contribution in [0, 0.1) is 0 Å². The van der Waals surface area contributed by atoms with Crippen LogP contribution in [0.2, 0.25) is 18.4 Å². The molecule has 0 amide bonds. The summed E-state index contributed by atoms with van der Waals surface area (Å²) in [5, 5.41) is 34.5. The molecule has 0 bridgehead atoms. The number of hydrogen-bond acceptors (Lipinski definition) is 8. The summed E-state index contributed by atoms with van der Waals surface area (Å²) in [7, 11) is -1.78. The number of anilines is 1. The minimum absolute atomic E-state index is 0.0444. The van der Waals surface area contributed by atoms with Gasteiger partial charge in [0.05, 0.1) is 6.61 Å². The van der Waals surface area contributed by atoms with Crippen molar-refractivity contribution in [3.05, 3.63) is 41.9 Å². The average molecular weight is 450 g/mol. The van der Waals surface area contributed by atoms with Crippen molar-refractivity contribution < 1.29 is 20.1 Å². The van der Waals surface area contributed by atoms with Crippen molar-refractivity contribution in [3.8, 4) is 0 Å². The number of aromatic nitrogens is 4. The minimum atomic E-state index is -1.78. The molecule has 4 rings (SSSR count). The maximum absolute atomic E-state index is 10.4. The molecule has 1 aliphatic heterocycles. The zero-order valence-electron chi connectivity index (χ0n) is 16.6. The molecule has 4 atom stereocenters. The fourth-order valence-electron chi connectivity index (χ4n) is 3.63. The van der Waals surface area contributed by atoms with Gasteiger partial charge in [0.15, 0.2) is 23.2 Å². The van der Waals surface area contributed by atoms with Crippen LogP contribution in [-0.2, 0) is 4.74 Å². The van der Waals surface area contributed by atoms with E-state index in [4.69, 9.17) is 16.3 Å². The maximum Gasteiger partial charge on any atom is 0.207 e. The van der Waals surface area contributed by atoms with E-state index in [2.05, 4.69) is 45.5 Å². The van der Waals surface area contributed by atoms with Crippen LogP contribution in [0.1, 0.15) is 6.23 Å². The number of imidazole rings is 1. The molecule has 1 fully saturated rings. The molecular formula is C19H24ClN5O4Si. The summed E-state index contributed by atoms with van der Waals surface area (Å²) in [6.45, 7) is 4.09. The van der Waals surface area contributed by atoms with E-state index in [1.165, 1.54) is 16.1 Å². The zero-order valence-corrected chi connectivity index (χ0v) is 18.4. The summed E-state index contributed by atoms with van der Waals surface area (Å²) in [5.41, 5.74) is 0.810. The number of benzene rings is 1. The molecule has 1 saturated heterocycles. The first-order chi connectivity index (χ1) is 14.3. The highest BCUT2D eigenvalue weighted by Crippen LogP contribution is 2.35. The average Bonchev–Trinajstić information content (AvgIpc) is 3.23. The zero-order chi connectivity index (χ0) is 21.5. The Hall–Kier alpha value is -2.08. The van der Waals surface area contributed by atoms with Crippen LogP contribution in [0.25, 0.3) is 11.2 Å². The van der Waals surface area contributed by atoms with Crippen molar-refractivity contribution in [2.75, 3.05) is 18.1 Å². The van der Waals surface area contributed by atoms with Gasteiger partial charge in [0.1, 0.15) is 32.7 Å². The molecular weight excluding hydrogens is 426 g/mol. The number of rotatable bonds is 6. The first-order valence-corrected chi connectivity index (χ1v) is 13.2. The third kappa shape index (κ3) is 3.70. The number of fused-ring (bicyclic) bond motifs is 1. The highest BCUT2D eigenvalue weighted by Gasteiger charge is 2.45. The topological polar surface area (TPSA) is 126 Å². The predicted octanol–water partition coefficient (Wildman–Crippen LogP) is 0.658. The Balaban J connectivity index is 1.64. The first-order valence-electron chi connectivity index (χ1n) is 9.64. The van der Waals surface area contributed by atoms with Gasteiger partial charge in [-0.3, -0.25) is 4.57 Å². The van der Waals surface area contributed by atoms with Gasteiger partial charge < -0.3 is 25.4 Å². The molecule has 0 aliphatic carbocycles. The normalized spacial score (nSPS) is 24.5. The molecule has 0 spiro atoms. The van der Waals surface area contributed by atoms with Crippen LogP contribution in [-0.4, -0.2) is 74.0 Å². The lowest BCUT2D eigenvalue weighted by Gasteiger charge is -2.23. The van der Waals surface area contributed by atoms with E-state index in [0.29, 0.717) is 17.0 Å². The van der Waals surface area contributed by atoms with Gasteiger partial charge in [0, 0.05) is 6.17 Å². The molecule has 4 N–H and O–H groups in total. The highest BCUT2D eigenvalue weighted by atomic mass is 35.5. The number of aliphatic hydroxyl groups is 3. The summed E-state index contributed by atoms with van der Waals surface area (Å²) in [6.07, 6.45) is -2.36. The van der Waals surface area contributed by atoms with Crippen molar-refractivity contribution in [1.29, 1.82) is 0 Å². The van der Waals surface area contributed by atoms with Crippen molar-refractivity contribution in [1.82, 2.24) is 19.5 Å². The Morgan fingerprint density at radius 3 is 2.57 bits per heavy atom. The van der Waals surface area contributed by atoms with Crippen LogP contribution in [0.3, 0.4) is 0 Å². The Bertz CT molecular complexity index is 1030. The molecule has 9 nitrogen and oxygen atoms in total. The second-order valence-electron chi connectivity index (χ2n) is 7.98. The molecule has 1 aliphatic rings. The summed E-state index contributed by atoms with van der Waals surface area (Å²) in [6, 6.07) is 10.3. The lowest BCUT2D eigenvalue weighted by atomic mass is 10.1. The fraction of sp³-hybridized carbons (Fsp3) is 0.421. The van der Waals surface area contributed by atoms with Gasteiger partial charge in [-0.1, -0.05) is 48.6 Å². The molecule has 0 unspecified atom stereocenters. The van der Waals surface area contributed by atoms with E-state index in [1.807, 2.05) is 18.2 Å². The fourth-order valence-corrected chi connectivity index (χ4v) is 5.80. The standard InChI is InChI=1S/C19H24ClN5O4Si/c1-30(2,11-6-4-3-5-7-11)10-23-16-13-17(22-9-21-16)25(19(20)24-13)18-15(28)14(27)12(8-26)29-18/h3-7,9,12,14-15,18,26-28H,8,10H2,1-2H3,(H,21,22,23)/t12-,14-,15-,18-/m1/s1. The molecule has 11 heteroatoms. The predicted molar refractivity (Wildman–Crippen MR) is 115 cm³/mol. The molecule has 1 aromatic carbocycles. The van der Waals surface area contributed by atoms with Gasteiger partial charge in [-0.25, -0.2) is 15.0 Å². The third-order valence-corrected chi connectivity index (χ3v) is 8.68. The SMILES string of the molecule is C[Si](C)(CNc1ncnc2c1nc(Cl)n2[C@@H]1O[C@H](CO)[C@@H](O)[C@H]1O)c1ccccc1. The number of nitrogens with zero attached hydrogens (tertiary/aromatic N) is 4. The van der Waals surface area contributed by atoms with Crippen LogP contribution in [0.15, 0.2) is 36.7 Å². The molecule has 160 valence electrons. The number of aliphatic hydroxyl groups excluding tert-OH is 3. The Morgan fingerprint density at radius 2 is 1.90 bits per heavy atom. The largest absolute Gasteiger partial charge is 0.394 e. The van der Waals surface area contributed by atoms with Crippen LogP contribution in [0.5, 0.6) is 0 Å². The summed E-state index contributed by atoms with van der Waals surface area (Å²) in [5.74, 6) is 0.531. The Kier molecular flexibility index (Phi) is 5.79. The maximum atomic E-state index is 10.4. The van der Waals surface area contributed by atoms with Gasteiger partial charge in [-0.15, -0.1) is 0 Å². The van der Waals surface area contributed by atoms with Crippen molar-refractivity contribution in [3.63, 3.8) is 0 Å². The molecule has 3 heterocycles. The highest BCUT2D eigenvalue weighted by molar-refractivity contribution is 6.90. The lowest BCUT2D eigenvalue weighted by Crippen LogP contribution is -2.48. The molecule has 2 aromatic heterocycles. The van der Waals surface area contributed by atoms with E-state index >= 15 is 0 Å². The summed E-state index contributed by atoms with van der Waals surface area (Å²) >= 11 is 6.34. The van der Waals surface area contributed by atoms with Gasteiger partial charge in [-0.2, -0.15) is 0 Å². The summed E-state index contributed by atoms with van der Waals surface area (Å²) < 4.78 is 7.00. The molecule has 0 radical (unpaired) electrons. The molecule has 3 aromatic rings. The van der Waals surface area contributed by atoms with E-state index in [0.717, 1.165) is 6.17 Å². The van der Waals surface area contributed by atoms with Crippen molar-refractivity contribution in [2.24, 2.45) is 0 Å². The Labute approximate surface area is 179 Å². The third-order valence-electron chi connectivity index (χ3n) is 5.46. The first kappa shape index (κ1) is 21.2. The van der Waals surface area contributed by atoms with Crippen molar-refractivity contribution >= 4 is 41.8 Å². The smallest absolute Gasteiger partial charge is 0.207 e.